The molecule has 0 aliphatic carbocycles. The molecule has 1 N–H and O–H groups in total. The van der Waals surface area contributed by atoms with Gasteiger partial charge in [-0.25, -0.2) is 0 Å². The number of ether oxygens (including phenoxy) is 1. The second-order valence-electron chi connectivity index (χ2n) is 5.33. The highest BCUT2D eigenvalue weighted by molar-refractivity contribution is 9.10. The van der Waals surface area contributed by atoms with Crippen LogP contribution in [0.1, 0.15) is 27.2 Å². The predicted octanol–water partition coefficient (Wildman–Crippen LogP) is 4.31. The van der Waals surface area contributed by atoms with E-state index in [2.05, 4.69) is 48.1 Å². The molecule has 0 aliphatic rings. The lowest BCUT2D eigenvalue weighted by molar-refractivity contribution is 0.116. The molecule has 0 atom stereocenters. The first-order chi connectivity index (χ1) is 7.99. The van der Waals surface area contributed by atoms with Crippen molar-refractivity contribution in [1.82, 2.24) is 0 Å². The first-order valence-corrected chi connectivity index (χ1v) is 6.84. The number of hydrogen-bond donors (Lipinski definition) is 1. The van der Waals surface area contributed by atoms with Gasteiger partial charge in [-0.15, -0.1) is 0 Å². The topological polar surface area (TPSA) is 21.3 Å². The molecule has 0 spiro atoms. The van der Waals surface area contributed by atoms with Gasteiger partial charge in [0.15, 0.2) is 0 Å². The zero-order valence-corrected chi connectivity index (χ0v) is 12.5. The van der Waals surface area contributed by atoms with Crippen molar-refractivity contribution in [2.75, 3.05) is 25.1 Å². The molecule has 0 unspecified atom stereocenters. The van der Waals surface area contributed by atoms with E-state index in [0.29, 0.717) is 5.41 Å². The largest absolute Gasteiger partial charge is 0.382 e. The molecule has 0 radical (unpaired) electrons. The van der Waals surface area contributed by atoms with Crippen LogP contribution in [0.3, 0.4) is 0 Å². The number of nitrogens with one attached hydrogen (secondary N) is 1. The summed E-state index contributed by atoms with van der Waals surface area (Å²) >= 11 is 3.50. The minimum atomic E-state index is 0.357. The van der Waals surface area contributed by atoms with Gasteiger partial charge in [-0.05, 0) is 39.9 Å². The van der Waals surface area contributed by atoms with E-state index in [1.54, 1.807) is 0 Å². The van der Waals surface area contributed by atoms with E-state index in [-0.39, 0.29) is 0 Å². The summed E-state index contributed by atoms with van der Waals surface area (Å²) in [6, 6.07) is 8.12. The van der Waals surface area contributed by atoms with Crippen molar-refractivity contribution in [3.63, 3.8) is 0 Å². The Morgan fingerprint density at radius 2 is 1.88 bits per heavy atom. The van der Waals surface area contributed by atoms with Gasteiger partial charge in [0.2, 0.25) is 0 Å². The third kappa shape index (κ3) is 6.69. The lowest BCUT2D eigenvalue weighted by atomic mass is 9.93. The Kier molecular flexibility index (Phi) is 6.00. The van der Waals surface area contributed by atoms with Crippen LogP contribution in [0.15, 0.2) is 28.7 Å². The minimum absolute atomic E-state index is 0.357. The summed E-state index contributed by atoms with van der Waals surface area (Å²) in [6.07, 6.45) is 1.10. The standard InChI is InChI=1S/C14H22BrNO/c1-14(2,3)8-10-17-11-9-16-13-7-5-4-6-12(13)15/h4-7,16H,8-11H2,1-3H3. The van der Waals surface area contributed by atoms with Gasteiger partial charge in [0.1, 0.15) is 0 Å². The Morgan fingerprint density at radius 1 is 1.18 bits per heavy atom. The molecule has 0 amide bonds. The van der Waals surface area contributed by atoms with Gasteiger partial charge in [-0.2, -0.15) is 0 Å². The van der Waals surface area contributed by atoms with Crippen LogP contribution < -0.4 is 5.32 Å². The molecule has 1 aromatic carbocycles. The van der Waals surface area contributed by atoms with Gasteiger partial charge < -0.3 is 10.1 Å². The number of halogens is 1. The first-order valence-electron chi connectivity index (χ1n) is 6.05. The Hall–Kier alpha value is -0.540. The van der Waals surface area contributed by atoms with Crippen LogP contribution in [0.25, 0.3) is 0 Å². The van der Waals surface area contributed by atoms with Gasteiger partial charge in [-0.3, -0.25) is 0 Å². The molecule has 17 heavy (non-hydrogen) atoms. The fourth-order valence-corrected chi connectivity index (χ4v) is 1.77. The molecule has 0 saturated heterocycles. The zero-order valence-electron chi connectivity index (χ0n) is 10.9. The summed E-state index contributed by atoms with van der Waals surface area (Å²) in [4.78, 5) is 0. The van der Waals surface area contributed by atoms with E-state index in [4.69, 9.17) is 4.74 Å². The highest BCUT2D eigenvalue weighted by Crippen LogP contribution is 2.21. The van der Waals surface area contributed by atoms with Crippen LogP contribution in [-0.4, -0.2) is 19.8 Å². The summed E-state index contributed by atoms with van der Waals surface area (Å²) in [5.41, 5.74) is 1.47. The maximum Gasteiger partial charge on any atom is 0.0639 e. The van der Waals surface area contributed by atoms with Crippen molar-refractivity contribution in [2.24, 2.45) is 5.41 Å². The summed E-state index contributed by atoms with van der Waals surface area (Å²) in [6.45, 7) is 9.12. The quantitative estimate of drug-likeness (QED) is 0.790. The Morgan fingerprint density at radius 3 is 2.53 bits per heavy atom. The van der Waals surface area contributed by atoms with Crippen LogP contribution in [0.2, 0.25) is 0 Å². The second-order valence-corrected chi connectivity index (χ2v) is 6.18. The molecule has 96 valence electrons. The summed E-state index contributed by atoms with van der Waals surface area (Å²) in [7, 11) is 0. The van der Waals surface area contributed by atoms with Crippen molar-refractivity contribution in [3.05, 3.63) is 28.7 Å². The molecular weight excluding hydrogens is 278 g/mol. The normalized spacial score (nSPS) is 11.5. The van der Waals surface area contributed by atoms with Crippen LogP contribution in [0.5, 0.6) is 0 Å². The number of benzene rings is 1. The maximum atomic E-state index is 5.59. The Balaban J connectivity index is 2.11. The summed E-state index contributed by atoms with van der Waals surface area (Å²) in [5.74, 6) is 0. The lowest BCUT2D eigenvalue weighted by Gasteiger charge is -2.17. The van der Waals surface area contributed by atoms with Crippen molar-refractivity contribution >= 4 is 21.6 Å². The highest BCUT2D eigenvalue weighted by Gasteiger charge is 2.08. The fourth-order valence-electron chi connectivity index (χ4n) is 1.34. The number of para-hydroxylation sites is 1. The van der Waals surface area contributed by atoms with E-state index < -0.39 is 0 Å². The molecule has 0 fully saturated rings. The molecule has 1 aromatic rings. The molecule has 1 rings (SSSR count). The lowest BCUT2D eigenvalue weighted by Crippen LogP contribution is -2.14. The minimum Gasteiger partial charge on any atom is -0.382 e. The molecule has 0 aliphatic heterocycles. The van der Waals surface area contributed by atoms with Gasteiger partial charge in [0.05, 0.1) is 6.61 Å². The average Bonchev–Trinajstić information content (AvgIpc) is 2.24. The fraction of sp³-hybridized carbons (Fsp3) is 0.571. The number of hydrogen-bond acceptors (Lipinski definition) is 2. The molecular formula is C14H22BrNO. The van der Waals surface area contributed by atoms with Gasteiger partial charge in [0.25, 0.3) is 0 Å². The van der Waals surface area contributed by atoms with Crippen LogP contribution in [-0.2, 0) is 4.74 Å². The van der Waals surface area contributed by atoms with Crippen molar-refractivity contribution in [1.29, 1.82) is 0 Å². The molecule has 0 bridgehead atoms. The summed E-state index contributed by atoms with van der Waals surface area (Å²) in [5, 5.41) is 3.34. The monoisotopic (exact) mass is 299 g/mol. The predicted molar refractivity (Wildman–Crippen MR) is 77.5 cm³/mol. The third-order valence-electron chi connectivity index (χ3n) is 2.43. The molecule has 2 nitrogen and oxygen atoms in total. The van der Waals surface area contributed by atoms with Crippen molar-refractivity contribution in [3.8, 4) is 0 Å². The van der Waals surface area contributed by atoms with E-state index in [9.17, 15) is 0 Å². The van der Waals surface area contributed by atoms with E-state index in [1.165, 1.54) is 0 Å². The molecule has 0 heterocycles. The Bertz CT molecular complexity index is 333. The molecule has 0 aromatic heterocycles. The van der Waals surface area contributed by atoms with Gasteiger partial charge in [-0.1, -0.05) is 32.9 Å². The van der Waals surface area contributed by atoms with Gasteiger partial charge in [0, 0.05) is 23.3 Å². The second kappa shape index (κ2) is 7.02. The van der Waals surface area contributed by atoms with E-state index in [0.717, 1.165) is 36.3 Å². The number of rotatable bonds is 6. The average molecular weight is 300 g/mol. The Labute approximate surface area is 113 Å². The SMILES string of the molecule is CC(C)(C)CCOCCNc1ccccc1Br. The first kappa shape index (κ1) is 14.5. The van der Waals surface area contributed by atoms with Crippen molar-refractivity contribution in [2.45, 2.75) is 27.2 Å². The highest BCUT2D eigenvalue weighted by atomic mass is 79.9. The third-order valence-corrected chi connectivity index (χ3v) is 3.12. The molecule has 3 heteroatoms. The van der Waals surface area contributed by atoms with Crippen LogP contribution in [0.4, 0.5) is 5.69 Å². The van der Waals surface area contributed by atoms with E-state index >= 15 is 0 Å². The van der Waals surface area contributed by atoms with Crippen LogP contribution in [0, 0.1) is 5.41 Å². The van der Waals surface area contributed by atoms with Crippen LogP contribution >= 0.6 is 15.9 Å². The smallest absolute Gasteiger partial charge is 0.0639 e. The van der Waals surface area contributed by atoms with E-state index in [1.807, 2.05) is 18.2 Å². The molecule has 0 saturated carbocycles. The zero-order chi connectivity index (χ0) is 12.7. The maximum absolute atomic E-state index is 5.59. The van der Waals surface area contributed by atoms with Crippen molar-refractivity contribution < 1.29 is 4.74 Å². The number of anilines is 1. The summed E-state index contributed by atoms with van der Waals surface area (Å²) < 4.78 is 6.69. The van der Waals surface area contributed by atoms with Gasteiger partial charge >= 0.3 is 0 Å².